The third-order valence-electron chi connectivity index (χ3n) is 1.66. The summed E-state index contributed by atoms with van der Waals surface area (Å²) in [5, 5.41) is 16.0. The summed E-state index contributed by atoms with van der Waals surface area (Å²) in [7, 11) is 0. The van der Waals surface area contributed by atoms with Crippen LogP contribution in [0.15, 0.2) is 23.5 Å². The van der Waals surface area contributed by atoms with Crippen LogP contribution in [0.1, 0.15) is 5.56 Å². The Balaban J connectivity index is 2.32. The Morgan fingerprint density at radius 2 is 2.50 bits per heavy atom. The Bertz CT molecular complexity index is 298. The van der Waals surface area contributed by atoms with Gasteiger partial charge in [0.15, 0.2) is 0 Å². The van der Waals surface area contributed by atoms with E-state index in [2.05, 4.69) is 32.9 Å². The molecule has 14 heavy (non-hydrogen) atoms. The molecule has 78 valence electrons. The smallest absolute Gasteiger partial charge is 0.0640 e. The van der Waals surface area contributed by atoms with Crippen LogP contribution in [0.2, 0.25) is 0 Å². The molecule has 1 aromatic heterocycles. The van der Waals surface area contributed by atoms with Crippen LogP contribution in [-0.4, -0.2) is 28.0 Å². The molecule has 0 saturated carbocycles. The number of rotatable bonds is 6. The van der Waals surface area contributed by atoms with Crippen LogP contribution in [0.5, 0.6) is 0 Å². The zero-order valence-electron chi connectivity index (χ0n) is 7.91. The fourth-order valence-electron chi connectivity index (χ4n) is 1.06. The number of nitrogens with one attached hydrogen (secondary N) is 1. The van der Waals surface area contributed by atoms with Gasteiger partial charge in [-0.05, 0) is 0 Å². The number of aliphatic hydroxyl groups is 1. The number of aliphatic hydroxyl groups excluding tert-OH is 1. The van der Waals surface area contributed by atoms with Gasteiger partial charge in [-0.15, -0.1) is 0 Å². The Morgan fingerprint density at radius 1 is 1.71 bits per heavy atom. The maximum absolute atomic E-state index is 8.68. The second-order valence-corrected chi connectivity index (χ2v) is 4.08. The van der Waals surface area contributed by atoms with Gasteiger partial charge in [0.2, 0.25) is 0 Å². The monoisotopic (exact) mass is 259 g/mol. The molecule has 0 fully saturated rings. The van der Waals surface area contributed by atoms with E-state index in [0.29, 0.717) is 6.54 Å². The van der Waals surface area contributed by atoms with Gasteiger partial charge in [0.05, 0.1) is 19.3 Å². The maximum Gasteiger partial charge on any atom is 0.0640 e. The first-order valence-electron chi connectivity index (χ1n) is 4.38. The first kappa shape index (κ1) is 11.4. The van der Waals surface area contributed by atoms with Gasteiger partial charge in [0.1, 0.15) is 0 Å². The third kappa shape index (κ3) is 4.04. The molecule has 0 radical (unpaired) electrons. The van der Waals surface area contributed by atoms with E-state index >= 15 is 0 Å². The van der Waals surface area contributed by atoms with E-state index in [1.807, 2.05) is 6.20 Å². The topological polar surface area (TPSA) is 50.1 Å². The largest absolute Gasteiger partial charge is 0.394 e. The van der Waals surface area contributed by atoms with E-state index in [9.17, 15) is 0 Å². The highest BCUT2D eigenvalue weighted by Gasteiger charge is 1.97. The minimum Gasteiger partial charge on any atom is -0.394 e. The highest BCUT2D eigenvalue weighted by Crippen LogP contribution is 2.00. The minimum absolute atomic E-state index is 0.118. The molecule has 0 saturated heterocycles. The molecule has 0 spiro atoms. The molecule has 0 aliphatic carbocycles. The van der Waals surface area contributed by atoms with Gasteiger partial charge in [-0.25, -0.2) is 0 Å². The fraction of sp³-hybridized carbons (Fsp3) is 0.444. The molecule has 0 atom stereocenters. The number of aromatic nitrogens is 2. The van der Waals surface area contributed by atoms with Crippen molar-refractivity contribution in [2.24, 2.45) is 0 Å². The van der Waals surface area contributed by atoms with Crippen molar-refractivity contribution in [2.45, 2.75) is 13.1 Å². The molecule has 1 heterocycles. The van der Waals surface area contributed by atoms with Crippen LogP contribution in [0, 0.1) is 0 Å². The highest BCUT2D eigenvalue weighted by molar-refractivity contribution is 9.11. The van der Waals surface area contributed by atoms with Gasteiger partial charge >= 0.3 is 0 Å². The van der Waals surface area contributed by atoms with Gasteiger partial charge < -0.3 is 10.4 Å². The molecule has 0 aliphatic heterocycles. The molecule has 0 aliphatic rings. The van der Waals surface area contributed by atoms with Crippen molar-refractivity contribution in [3.8, 4) is 0 Å². The lowest BCUT2D eigenvalue weighted by Gasteiger charge is -2.00. The van der Waals surface area contributed by atoms with Crippen molar-refractivity contribution in [3.63, 3.8) is 0 Å². The molecule has 1 rings (SSSR count). The van der Waals surface area contributed by atoms with E-state index in [1.165, 1.54) is 0 Å². The Kier molecular flexibility index (Phi) is 4.86. The van der Waals surface area contributed by atoms with Gasteiger partial charge in [-0.1, -0.05) is 22.5 Å². The molecule has 0 unspecified atom stereocenters. The number of halogens is 1. The summed E-state index contributed by atoms with van der Waals surface area (Å²) in [5.41, 5.74) is 1.10. The first-order valence-corrected chi connectivity index (χ1v) is 5.18. The highest BCUT2D eigenvalue weighted by atomic mass is 79.9. The number of nitrogens with zero attached hydrogens (tertiary/aromatic N) is 2. The van der Waals surface area contributed by atoms with Gasteiger partial charge in [-0.3, -0.25) is 4.68 Å². The average molecular weight is 260 g/mol. The first-order chi connectivity index (χ1) is 6.72. The molecular formula is C9H14BrN3O. The summed E-state index contributed by atoms with van der Waals surface area (Å²) in [4.78, 5) is 0. The molecule has 0 bridgehead atoms. The number of hydrogen-bond acceptors (Lipinski definition) is 3. The van der Waals surface area contributed by atoms with Gasteiger partial charge in [0.25, 0.3) is 0 Å². The summed E-state index contributed by atoms with van der Waals surface area (Å²) >= 11 is 3.27. The second-order valence-electron chi connectivity index (χ2n) is 2.96. The lowest BCUT2D eigenvalue weighted by Crippen LogP contribution is -2.13. The van der Waals surface area contributed by atoms with E-state index in [0.717, 1.165) is 23.1 Å². The molecular weight excluding hydrogens is 246 g/mol. The Labute approximate surface area is 91.8 Å². The van der Waals surface area contributed by atoms with Crippen molar-refractivity contribution in [3.05, 3.63) is 29.0 Å². The second kappa shape index (κ2) is 5.95. The third-order valence-corrected chi connectivity index (χ3v) is 1.94. The predicted octanol–water partition coefficient (Wildman–Crippen LogP) is 0.874. The average Bonchev–Trinajstić information content (AvgIpc) is 2.53. The van der Waals surface area contributed by atoms with Crippen molar-refractivity contribution in [2.75, 3.05) is 13.2 Å². The Hall–Kier alpha value is -0.650. The minimum atomic E-state index is 0.118. The zero-order chi connectivity index (χ0) is 10.4. The van der Waals surface area contributed by atoms with Crippen LogP contribution in [0.25, 0.3) is 0 Å². The van der Waals surface area contributed by atoms with E-state index < -0.39 is 0 Å². The van der Waals surface area contributed by atoms with Crippen molar-refractivity contribution < 1.29 is 5.11 Å². The standard InChI is InChI=1S/C9H14BrN3O/c1-8(10)4-11-5-9-6-12-13(7-9)2-3-14/h6-7,11,14H,1-5H2. The molecule has 1 aromatic rings. The summed E-state index contributed by atoms with van der Waals surface area (Å²) < 4.78 is 2.65. The lowest BCUT2D eigenvalue weighted by atomic mass is 10.3. The van der Waals surface area contributed by atoms with E-state index in [-0.39, 0.29) is 6.61 Å². The summed E-state index contributed by atoms with van der Waals surface area (Å²) in [6.07, 6.45) is 3.71. The summed E-state index contributed by atoms with van der Waals surface area (Å²) in [5.74, 6) is 0. The normalized spacial score (nSPS) is 10.4. The quantitative estimate of drug-likeness (QED) is 0.798. The van der Waals surface area contributed by atoms with Crippen LogP contribution >= 0.6 is 15.9 Å². The molecule has 0 aromatic carbocycles. The molecule has 2 N–H and O–H groups in total. The lowest BCUT2D eigenvalue weighted by molar-refractivity contribution is 0.269. The molecule has 4 nitrogen and oxygen atoms in total. The zero-order valence-corrected chi connectivity index (χ0v) is 9.50. The maximum atomic E-state index is 8.68. The van der Waals surface area contributed by atoms with Crippen LogP contribution < -0.4 is 5.32 Å². The van der Waals surface area contributed by atoms with Crippen molar-refractivity contribution in [1.82, 2.24) is 15.1 Å². The van der Waals surface area contributed by atoms with Gasteiger partial charge in [-0.2, -0.15) is 5.10 Å². The van der Waals surface area contributed by atoms with Crippen LogP contribution in [-0.2, 0) is 13.1 Å². The summed E-state index contributed by atoms with van der Waals surface area (Å²) in [6, 6.07) is 0. The van der Waals surface area contributed by atoms with E-state index in [1.54, 1.807) is 10.9 Å². The summed E-state index contributed by atoms with van der Waals surface area (Å²) in [6.45, 7) is 5.89. The molecule has 0 amide bonds. The molecule has 5 heteroatoms. The predicted molar refractivity (Wildman–Crippen MR) is 59.1 cm³/mol. The van der Waals surface area contributed by atoms with Crippen LogP contribution in [0.3, 0.4) is 0 Å². The van der Waals surface area contributed by atoms with Gasteiger partial charge in [0, 0.05) is 29.3 Å². The Morgan fingerprint density at radius 3 is 3.14 bits per heavy atom. The van der Waals surface area contributed by atoms with Crippen molar-refractivity contribution >= 4 is 15.9 Å². The van der Waals surface area contributed by atoms with Crippen molar-refractivity contribution in [1.29, 1.82) is 0 Å². The number of hydrogen-bond donors (Lipinski definition) is 2. The van der Waals surface area contributed by atoms with Crippen LogP contribution in [0.4, 0.5) is 0 Å². The SMILES string of the molecule is C=C(Br)CNCc1cnn(CCO)c1. The fourth-order valence-corrected chi connectivity index (χ4v) is 1.26. The van der Waals surface area contributed by atoms with E-state index in [4.69, 9.17) is 5.11 Å².